The van der Waals surface area contributed by atoms with Gasteiger partial charge in [0, 0.05) is 8.95 Å². The highest BCUT2D eigenvalue weighted by molar-refractivity contribution is 9.11. The van der Waals surface area contributed by atoms with Gasteiger partial charge in [-0.15, -0.1) is 0 Å². The molecule has 0 amide bonds. The summed E-state index contributed by atoms with van der Waals surface area (Å²) in [7, 11) is 0. The summed E-state index contributed by atoms with van der Waals surface area (Å²) >= 11 is 7.30. The Morgan fingerprint density at radius 3 is 1.04 bits per heavy atom. The Morgan fingerprint density at radius 1 is 0.352 bits per heavy atom. The van der Waals surface area contributed by atoms with Crippen molar-refractivity contribution in [2.75, 3.05) is 0 Å². The van der Waals surface area contributed by atoms with Crippen LogP contribution in [0.25, 0.3) is 64.6 Å². The van der Waals surface area contributed by atoms with Crippen molar-refractivity contribution in [2.45, 2.75) is 106 Å². The predicted octanol–water partition coefficient (Wildman–Crippen LogP) is 17.5. The third-order valence-corrected chi connectivity index (χ3v) is 13.6. The molecule has 8 rings (SSSR count). The van der Waals surface area contributed by atoms with Crippen LogP contribution < -0.4 is 0 Å². The first-order valence-corrected chi connectivity index (χ1v) is 22.4. The number of aryl methyl sites for hydroxylation is 2. The molecule has 2 heteroatoms. The zero-order chi connectivity index (χ0) is 37.9. The minimum absolute atomic E-state index is 0.802. The molecule has 0 nitrogen and oxygen atoms in total. The van der Waals surface area contributed by atoms with Gasteiger partial charge in [0.2, 0.25) is 0 Å². The van der Waals surface area contributed by atoms with Gasteiger partial charge in [0.1, 0.15) is 0 Å². The average molecular weight is 843 g/mol. The van der Waals surface area contributed by atoms with Gasteiger partial charge in [0.15, 0.2) is 0 Å². The Hall–Kier alpha value is -3.20. The lowest BCUT2D eigenvalue weighted by Gasteiger charge is -2.18. The number of rotatable bonds is 14. The maximum atomic E-state index is 3.65. The molecule has 0 fully saturated rings. The summed E-state index contributed by atoms with van der Waals surface area (Å²) in [5.41, 5.74) is 3.08. The van der Waals surface area contributed by atoms with Crippen LogP contribution >= 0.6 is 31.9 Å². The second kappa shape index (κ2) is 17.3. The van der Waals surface area contributed by atoms with E-state index in [-0.39, 0.29) is 0 Å². The summed E-state index contributed by atoms with van der Waals surface area (Å²) < 4.78 is 2.31. The molecule has 0 aliphatic heterocycles. The topological polar surface area (TPSA) is 0 Å². The SMILES string of the molecule is Brc1ccc2ccc3c(Br)ccc4ccc1c2c43.CC(C)CCCC(C)CCc1ccc2ccc3c(CCC(C)CCCC(C)C)ccc4ccc1c2c43. The zero-order valence-electron chi connectivity index (χ0n) is 33.4. The summed E-state index contributed by atoms with van der Waals surface area (Å²) in [6, 6.07) is 36.5. The van der Waals surface area contributed by atoms with Gasteiger partial charge < -0.3 is 0 Å². The molecule has 8 aromatic rings. The van der Waals surface area contributed by atoms with E-state index in [1.165, 1.54) is 140 Å². The monoisotopic (exact) mass is 840 g/mol. The highest BCUT2D eigenvalue weighted by Gasteiger charge is 2.15. The summed E-state index contributed by atoms with van der Waals surface area (Å²) in [5, 5.41) is 16.6. The first-order valence-electron chi connectivity index (χ1n) is 20.8. The molecule has 0 aromatic heterocycles. The summed E-state index contributed by atoms with van der Waals surface area (Å²) in [6.07, 6.45) is 13.2. The molecular weight excluding hydrogens is 784 g/mol. The molecule has 0 N–H and O–H groups in total. The molecule has 0 saturated carbocycles. The standard InChI is InChI=1S/C36H50.C16H8Br2/c1-25(2)9-7-11-27(5)13-15-29-17-19-31-22-24-34-30(16-14-28(6)12-8-10-26(3)4)18-20-32-21-23-33(29)35(31)36(32)34;17-13-8-4-10-2-6-12-14(18)7-3-9-1-5-11(13)16(10)15(9)12/h17-28H,7-16H2,1-6H3;1-8H. The first kappa shape index (κ1) is 39.1. The van der Waals surface area contributed by atoms with Crippen molar-refractivity contribution in [3.8, 4) is 0 Å². The third kappa shape index (κ3) is 8.46. The third-order valence-electron chi connectivity index (χ3n) is 12.2. The van der Waals surface area contributed by atoms with Gasteiger partial charge in [-0.2, -0.15) is 0 Å². The normalized spacial score (nSPS) is 13.4. The Labute approximate surface area is 341 Å². The lowest BCUT2D eigenvalue weighted by atomic mass is 9.86. The van der Waals surface area contributed by atoms with Crippen molar-refractivity contribution >= 4 is 96.5 Å². The van der Waals surface area contributed by atoms with E-state index in [0.29, 0.717) is 0 Å². The van der Waals surface area contributed by atoms with E-state index >= 15 is 0 Å². The van der Waals surface area contributed by atoms with Crippen molar-refractivity contribution in [1.29, 1.82) is 0 Å². The minimum Gasteiger partial charge on any atom is -0.0628 e. The van der Waals surface area contributed by atoms with E-state index < -0.39 is 0 Å². The fourth-order valence-electron chi connectivity index (χ4n) is 8.93. The highest BCUT2D eigenvalue weighted by atomic mass is 79.9. The number of benzene rings is 8. The molecule has 8 aromatic carbocycles. The van der Waals surface area contributed by atoms with Crippen molar-refractivity contribution in [2.24, 2.45) is 23.7 Å². The lowest BCUT2D eigenvalue weighted by molar-refractivity contribution is 0.437. The predicted molar refractivity (Wildman–Crippen MR) is 248 cm³/mol. The smallest absolute Gasteiger partial charge is 0.0254 e. The zero-order valence-corrected chi connectivity index (χ0v) is 36.5. The van der Waals surface area contributed by atoms with Crippen LogP contribution in [0, 0.1) is 23.7 Å². The molecule has 280 valence electrons. The van der Waals surface area contributed by atoms with Crippen molar-refractivity contribution in [3.05, 3.63) is 117 Å². The molecule has 2 atom stereocenters. The van der Waals surface area contributed by atoms with E-state index in [1.807, 2.05) is 0 Å². The van der Waals surface area contributed by atoms with Crippen LogP contribution in [0.1, 0.15) is 104 Å². The number of hydrogen-bond acceptors (Lipinski definition) is 0. The number of halogens is 2. The van der Waals surface area contributed by atoms with Gasteiger partial charge >= 0.3 is 0 Å². The molecule has 0 bridgehead atoms. The quantitative estimate of drug-likeness (QED) is 0.0957. The Morgan fingerprint density at radius 2 is 0.667 bits per heavy atom. The molecular formula is C52H58Br2. The summed E-state index contributed by atoms with van der Waals surface area (Å²) in [5.74, 6) is 3.26. The first-order chi connectivity index (χ1) is 26.1. The number of hydrogen-bond donors (Lipinski definition) is 0. The van der Waals surface area contributed by atoms with Crippen LogP contribution in [0.2, 0.25) is 0 Å². The second-order valence-electron chi connectivity index (χ2n) is 17.3. The van der Waals surface area contributed by atoms with Crippen molar-refractivity contribution < 1.29 is 0 Å². The minimum atomic E-state index is 0.802. The molecule has 0 aliphatic carbocycles. The molecule has 54 heavy (non-hydrogen) atoms. The molecule has 0 saturated heterocycles. The van der Waals surface area contributed by atoms with E-state index in [4.69, 9.17) is 0 Å². The second-order valence-corrected chi connectivity index (χ2v) is 19.0. The maximum Gasteiger partial charge on any atom is 0.0254 e. The maximum absolute atomic E-state index is 3.65. The average Bonchev–Trinajstić information content (AvgIpc) is 3.16. The van der Waals surface area contributed by atoms with Crippen molar-refractivity contribution in [3.63, 3.8) is 0 Å². The molecule has 2 unspecified atom stereocenters. The van der Waals surface area contributed by atoms with Gasteiger partial charge in [-0.3, -0.25) is 0 Å². The largest absolute Gasteiger partial charge is 0.0628 e. The van der Waals surface area contributed by atoms with E-state index in [0.717, 1.165) is 32.6 Å². The fraction of sp³-hybridized carbons (Fsp3) is 0.385. The van der Waals surface area contributed by atoms with Crippen molar-refractivity contribution in [1.82, 2.24) is 0 Å². The van der Waals surface area contributed by atoms with Gasteiger partial charge in [0.25, 0.3) is 0 Å². The van der Waals surface area contributed by atoms with Crippen LogP contribution in [-0.4, -0.2) is 0 Å². The van der Waals surface area contributed by atoms with E-state index in [1.54, 1.807) is 0 Å². The van der Waals surface area contributed by atoms with Crippen LogP contribution in [0.3, 0.4) is 0 Å². The van der Waals surface area contributed by atoms with E-state index in [9.17, 15) is 0 Å². The van der Waals surface area contributed by atoms with Gasteiger partial charge in [-0.05, 0) is 137 Å². The van der Waals surface area contributed by atoms with Gasteiger partial charge in [-0.25, -0.2) is 0 Å². The summed E-state index contributed by atoms with van der Waals surface area (Å²) in [4.78, 5) is 0. The van der Waals surface area contributed by atoms with Crippen LogP contribution in [0.5, 0.6) is 0 Å². The molecule has 0 aliphatic rings. The Balaban J connectivity index is 0.000000206. The Kier molecular flexibility index (Phi) is 12.5. The van der Waals surface area contributed by atoms with Crippen LogP contribution in [-0.2, 0) is 12.8 Å². The highest BCUT2D eigenvalue weighted by Crippen LogP contribution is 2.41. The van der Waals surface area contributed by atoms with Crippen LogP contribution in [0.4, 0.5) is 0 Å². The lowest BCUT2D eigenvalue weighted by Crippen LogP contribution is -2.01. The van der Waals surface area contributed by atoms with Crippen LogP contribution in [0.15, 0.2) is 106 Å². The summed E-state index contributed by atoms with van der Waals surface area (Å²) in [6.45, 7) is 14.3. The molecule has 0 radical (unpaired) electrons. The van der Waals surface area contributed by atoms with E-state index in [2.05, 4.69) is 170 Å². The van der Waals surface area contributed by atoms with Gasteiger partial charge in [-0.1, -0.05) is 197 Å². The Bertz CT molecular complexity index is 2300. The van der Waals surface area contributed by atoms with Gasteiger partial charge in [0.05, 0.1) is 0 Å². The molecule has 0 heterocycles. The molecule has 0 spiro atoms. The fourth-order valence-corrected chi connectivity index (χ4v) is 9.85.